The Hall–Kier alpha value is -3.50. The van der Waals surface area contributed by atoms with Gasteiger partial charge in [-0.15, -0.1) is 0 Å². The van der Waals surface area contributed by atoms with Crippen LogP contribution in [0.4, 0.5) is 18.9 Å². The predicted octanol–water partition coefficient (Wildman–Crippen LogP) is 4.07. The van der Waals surface area contributed by atoms with Gasteiger partial charge in [0.2, 0.25) is 0 Å². The monoisotopic (exact) mass is 452 g/mol. The summed E-state index contributed by atoms with van der Waals surface area (Å²) in [5, 5.41) is 11.7. The van der Waals surface area contributed by atoms with Gasteiger partial charge in [0.15, 0.2) is 11.5 Å². The van der Waals surface area contributed by atoms with Crippen molar-refractivity contribution >= 4 is 22.6 Å². The molecule has 1 aliphatic heterocycles. The lowest BCUT2D eigenvalue weighted by Gasteiger charge is -2.26. The van der Waals surface area contributed by atoms with Gasteiger partial charge >= 0.3 is 12.1 Å². The molecular weight excluding hydrogens is 429 g/mol. The number of pyridine rings is 1. The molecule has 0 amide bonds. The Kier molecular flexibility index (Phi) is 7.06. The molecule has 1 unspecified atom stereocenters. The Morgan fingerprint density at radius 1 is 1.22 bits per heavy atom. The summed E-state index contributed by atoms with van der Waals surface area (Å²) in [6.07, 6.45) is 4.13. The molecular formula is C21H23F3N4O4. The van der Waals surface area contributed by atoms with Crippen LogP contribution >= 0.6 is 0 Å². The molecule has 3 heterocycles. The van der Waals surface area contributed by atoms with E-state index in [9.17, 15) is 13.2 Å². The van der Waals surface area contributed by atoms with Crippen molar-refractivity contribution in [3.05, 3.63) is 42.6 Å². The van der Waals surface area contributed by atoms with Crippen molar-refractivity contribution in [1.82, 2.24) is 14.5 Å². The van der Waals surface area contributed by atoms with E-state index in [0.717, 1.165) is 36.0 Å². The summed E-state index contributed by atoms with van der Waals surface area (Å²) < 4.78 is 44.8. The summed E-state index contributed by atoms with van der Waals surface area (Å²) >= 11 is 0. The highest BCUT2D eigenvalue weighted by molar-refractivity contribution is 5.93. The number of alkyl halides is 3. The summed E-state index contributed by atoms with van der Waals surface area (Å²) in [5.74, 6) is -0.174. The van der Waals surface area contributed by atoms with Crippen LogP contribution in [0.5, 0.6) is 11.5 Å². The van der Waals surface area contributed by atoms with E-state index < -0.39 is 12.1 Å². The molecule has 0 bridgehead atoms. The standard InChI is InChI=1S/C19H22N4O2.C2HF3O2/c1-24-17-10-14-15(6-7-20-16(14)11-18(17)25-2)22-12-13-4-3-5-19-21-8-9-23(13)19;3-2(4,5)1(6)7/h6-11,13H,3-5,12H2,1-2H3,(H,20,22);(H,6,7). The van der Waals surface area contributed by atoms with E-state index in [1.807, 2.05) is 30.6 Å². The van der Waals surface area contributed by atoms with Crippen molar-refractivity contribution in [1.29, 1.82) is 0 Å². The smallest absolute Gasteiger partial charge is 0.490 e. The highest BCUT2D eigenvalue weighted by atomic mass is 19.4. The lowest BCUT2D eigenvalue weighted by atomic mass is 10.0. The normalized spacial score (nSPS) is 15.3. The number of hydrogen-bond donors (Lipinski definition) is 2. The van der Waals surface area contributed by atoms with E-state index in [4.69, 9.17) is 19.4 Å². The van der Waals surface area contributed by atoms with Gasteiger partial charge < -0.3 is 24.5 Å². The third-order valence-corrected chi connectivity index (χ3v) is 5.10. The number of rotatable bonds is 5. The second-order valence-electron chi connectivity index (χ2n) is 7.06. The van der Waals surface area contributed by atoms with E-state index in [2.05, 4.69) is 26.0 Å². The first kappa shape index (κ1) is 23.2. The molecule has 0 saturated carbocycles. The van der Waals surface area contributed by atoms with Crippen LogP contribution in [0, 0.1) is 0 Å². The van der Waals surface area contributed by atoms with E-state index in [0.29, 0.717) is 17.5 Å². The van der Waals surface area contributed by atoms with E-state index in [1.54, 1.807) is 14.2 Å². The largest absolute Gasteiger partial charge is 0.493 e. The number of fused-ring (bicyclic) bond motifs is 2. The molecule has 4 rings (SSSR count). The van der Waals surface area contributed by atoms with Gasteiger partial charge in [0.25, 0.3) is 0 Å². The zero-order chi connectivity index (χ0) is 23.3. The molecule has 0 saturated heterocycles. The van der Waals surface area contributed by atoms with E-state index in [1.165, 1.54) is 12.2 Å². The molecule has 1 aliphatic rings. The molecule has 0 spiro atoms. The Morgan fingerprint density at radius 2 is 1.91 bits per heavy atom. The number of hydrogen-bond acceptors (Lipinski definition) is 6. The number of anilines is 1. The number of nitrogens with zero attached hydrogens (tertiary/aromatic N) is 3. The van der Waals surface area contributed by atoms with Crippen LogP contribution in [0.15, 0.2) is 36.8 Å². The van der Waals surface area contributed by atoms with Gasteiger partial charge in [0.05, 0.1) is 25.8 Å². The van der Waals surface area contributed by atoms with E-state index >= 15 is 0 Å². The van der Waals surface area contributed by atoms with Crippen LogP contribution in [0.2, 0.25) is 0 Å². The van der Waals surface area contributed by atoms with Crippen molar-refractivity contribution in [3.8, 4) is 11.5 Å². The van der Waals surface area contributed by atoms with Gasteiger partial charge in [-0.2, -0.15) is 13.2 Å². The third-order valence-electron chi connectivity index (χ3n) is 5.10. The third kappa shape index (κ3) is 5.21. The Morgan fingerprint density at radius 3 is 2.56 bits per heavy atom. The zero-order valence-corrected chi connectivity index (χ0v) is 17.5. The molecule has 3 aromatic rings. The van der Waals surface area contributed by atoms with Crippen LogP contribution in [-0.4, -0.2) is 52.6 Å². The van der Waals surface area contributed by atoms with Crippen LogP contribution in [0.25, 0.3) is 10.9 Å². The summed E-state index contributed by atoms with van der Waals surface area (Å²) in [4.78, 5) is 17.8. The van der Waals surface area contributed by atoms with Gasteiger partial charge in [-0.25, -0.2) is 9.78 Å². The highest BCUT2D eigenvalue weighted by Crippen LogP contribution is 2.34. The van der Waals surface area contributed by atoms with Crippen LogP contribution in [0.3, 0.4) is 0 Å². The minimum atomic E-state index is -5.08. The highest BCUT2D eigenvalue weighted by Gasteiger charge is 2.38. The fourth-order valence-electron chi connectivity index (χ4n) is 3.56. The predicted molar refractivity (Wildman–Crippen MR) is 111 cm³/mol. The zero-order valence-electron chi connectivity index (χ0n) is 17.5. The maximum atomic E-state index is 10.6. The number of carbonyl (C=O) groups is 1. The SMILES string of the molecule is COc1cc2nccc(NCC3CCCc4nccn43)c2cc1OC.O=C(O)C(F)(F)F. The number of carboxylic acid groups (broad SMARTS) is 1. The number of nitrogens with one attached hydrogen (secondary N) is 1. The van der Waals surface area contributed by atoms with Crippen molar-refractivity contribution in [2.24, 2.45) is 0 Å². The van der Waals surface area contributed by atoms with Crippen LogP contribution in [0.1, 0.15) is 24.7 Å². The second-order valence-corrected chi connectivity index (χ2v) is 7.06. The fraction of sp³-hybridized carbons (Fsp3) is 0.381. The van der Waals surface area contributed by atoms with Gasteiger partial charge in [-0.1, -0.05) is 0 Å². The van der Waals surface area contributed by atoms with Crippen molar-refractivity contribution in [2.45, 2.75) is 31.5 Å². The number of carboxylic acids is 1. The number of aromatic nitrogens is 3. The van der Waals surface area contributed by atoms with Crippen LogP contribution < -0.4 is 14.8 Å². The van der Waals surface area contributed by atoms with E-state index in [-0.39, 0.29) is 0 Å². The van der Waals surface area contributed by atoms with Gasteiger partial charge in [-0.05, 0) is 25.0 Å². The molecule has 2 aromatic heterocycles. The molecule has 1 aromatic carbocycles. The lowest BCUT2D eigenvalue weighted by molar-refractivity contribution is -0.192. The summed E-state index contributed by atoms with van der Waals surface area (Å²) in [6.45, 7) is 0.858. The molecule has 0 fully saturated rings. The second kappa shape index (κ2) is 9.75. The number of imidazole rings is 1. The first-order chi connectivity index (χ1) is 15.2. The molecule has 0 aliphatic carbocycles. The minimum Gasteiger partial charge on any atom is -0.493 e. The summed E-state index contributed by atoms with van der Waals surface area (Å²) in [5.41, 5.74) is 1.94. The number of methoxy groups -OCH3 is 2. The maximum absolute atomic E-state index is 10.6. The Bertz CT molecular complexity index is 1080. The van der Waals surface area contributed by atoms with Gasteiger partial charge in [0, 0.05) is 48.7 Å². The fourth-order valence-corrected chi connectivity index (χ4v) is 3.56. The molecule has 11 heteroatoms. The Balaban J connectivity index is 0.000000360. The summed E-state index contributed by atoms with van der Waals surface area (Å²) in [7, 11) is 3.29. The number of benzene rings is 1. The summed E-state index contributed by atoms with van der Waals surface area (Å²) in [6, 6.07) is 6.32. The number of halogens is 3. The van der Waals surface area contributed by atoms with Crippen molar-refractivity contribution in [2.75, 3.05) is 26.1 Å². The van der Waals surface area contributed by atoms with Crippen molar-refractivity contribution < 1.29 is 32.5 Å². The molecule has 0 radical (unpaired) electrons. The number of ether oxygens (including phenoxy) is 2. The van der Waals surface area contributed by atoms with Crippen molar-refractivity contribution in [3.63, 3.8) is 0 Å². The first-order valence-electron chi connectivity index (χ1n) is 9.81. The topological polar surface area (TPSA) is 98.5 Å². The molecule has 1 atom stereocenters. The lowest BCUT2D eigenvalue weighted by Crippen LogP contribution is -2.24. The van der Waals surface area contributed by atoms with Gasteiger partial charge in [0.1, 0.15) is 5.82 Å². The maximum Gasteiger partial charge on any atom is 0.490 e. The van der Waals surface area contributed by atoms with Crippen LogP contribution in [-0.2, 0) is 11.2 Å². The molecule has 2 N–H and O–H groups in total. The quantitative estimate of drug-likeness (QED) is 0.602. The van der Waals surface area contributed by atoms with Gasteiger partial charge in [-0.3, -0.25) is 4.98 Å². The molecule has 32 heavy (non-hydrogen) atoms. The Labute approximate surface area is 182 Å². The number of aryl methyl sites for hydroxylation is 1. The molecule has 8 nitrogen and oxygen atoms in total. The molecule has 172 valence electrons. The average Bonchev–Trinajstić information content (AvgIpc) is 3.26. The minimum absolute atomic E-state index is 0.426. The number of aliphatic carboxylic acids is 1. The first-order valence-corrected chi connectivity index (χ1v) is 9.81. The average molecular weight is 452 g/mol.